The van der Waals surface area contributed by atoms with Gasteiger partial charge in [0.25, 0.3) is 5.91 Å². The topological polar surface area (TPSA) is 70.6 Å². The van der Waals surface area contributed by atoms with Crippen LogP contribution >= 0.6 is 0 Å². The van der Waals surface area contributed by atoms with E-state index in [-0.39, 0.29) is 18.5 Å². The van der Waals surface area contributed by atoms with E-state index in [2.05, 4.69) is 46.8 Å². The number of ether oxygens (including phenoxy) is 1. The Morgan fingerprint density at radius 2 is 1.85 bits per heavy atom. The van der Waals surface area contributed by atoms with E-state index in [1.54, 1.807) is 36.4 Å². The molecule has 0 atom stereocenters. The van der Waals surface area contributed by atoms with Crippen molar-refractivity contribution in [3.05, 3.63) is 53.7 Å². The number of aromatic nitrogens is 1. The molecule has 0 radical (unpaired) electrons. The van der Waals surface area contributed by atoms with Crippen molar-refractivity contribution in [3.8, 4) is 17.6 Å². The molecule has 1 amide bonds. The Bertz CT molecular complexity index is 1410. The maximum atomic E-state index is 13.6. The maximum Gasteiger partial charge on any atom is 0.406 e. The molecule has 2 aromatic carbocycles. The van der Waals surface area contributed by atoms with E-state index in [4.69, 9.17) is 4.74 Å². The number of alkyl halides is 3. The molecule has 41 heavy (non-hydrogen) atoms. The number of anilines is 2. The second-order valence-corrected chi connectivity index (χ2v) is 10.5. The van der Waals surface area contributed by atoms with Crippen LogP contribution in [0.15, 0.2) is 42.5 Å². The number of rotatable bonds is 9. The van der Waals surface area contributed by atoms with Crippen molar-refractivity contribution in [1.29, 1.82) is 0 Å². The third kappa shape index (κ3) is 7.67. The van der Waals surface area contributed by atoms with Crippen molar-refractivity contribution >= 4 is 28.2 Å². The van der Waals surface area contributed by atoms with Crippen molar-refractivity contribution in [2.75, 3.05) is 44.9 Å². The Balaban J connectivity index is 1.54. The van der Waals surface area contributed by atoms with Crippen LogP contribution in [-0.4, -0.2) is 67.9 Å². The molecule has 1 heterocycles. The lowest BCUT2D eigenvalue weighted by molar-refractivity contribution is -0.140. The van der Waals surface area contributed by atoms with E-state index >= 15 is 0 Å². The number of nitrogens with zero attached hydrogens (tertiary/aromatic N) is 2. The molecule has 0 saturated heterocycles. The van der Waals surface area contributed by atoms with Gasteiger partial charge in [0, 0.05) is 35.3 Å². The van der Waals surface area contributed by atoms with Crippen molar-refractivity contribution in [1.82, 2.24) is 14.8 Å². The fraction of sp³-hybridized carbons (Fsp3) is 0.452. The Labute approximate surface area is 239 Å². The van der Waals surface area contributed by atoms with Gasteiger partial charge in [-0.3, -0.25) is 4.79 Å². The number of amides is 1. The number of benzene rings is 2. The number of halogens is 3. The first kappa shape index (κ1) is 30.1. The van der Waals surface area contributed by atoms with Crippen LogP contribution in [0.2, 0.25) is 0 Å². The highest BCUT2D eigenvalue weighted by molar-refractivity contribution is 5.95. The van der Waals surface area contributed by atoms with Crippen LogP contribution in [0.25, 0.3) is 10.9 Å². The highest BCUT2D eigenvalue weighted by atomic mass is 19.4. The fourth-order valence-electron chi connectivity index (χ4n) is 5.34. The predicted octanol–water partition coefficient (Wildman–Crippen LogP) is 5.71. The lowest BCUT2D eigenvalue weighted by atomic mass is 9.90. The van der Waals surface area contributed by atoms with E-state index in [0.29, 0.717) is 40.8 Å². The molecular weight excluding hydrogens is 531 g/mol. The first-order valence-corrected chi connectivity index (χ1v) is 13.9. The summed E-state index contributed by atoms with van der Waals surface area (Å²) in [5.74, 6) is 6.16. The second-order valence-electron chi connectivity index (χ2n) is 10.5. The van der Waals surface area contributed by atoms with Gasteiger partial charge in [0.05, 0.1) is 30.6 Å². The Morgan fingerprint density at radius 3 is 2.51 bits per heavy atom. The summed E-state index contributed by atoms with van der Waals surface area (Å²) in [5, 5.41) is 10.2. The predicted molar refractivity (Wildman–Crippen MR) is 158 cm³/mol. The molecule has 4 rings (SSSR count). The molecular formula is C31H38F3N5O2. The summed E-state index contributed by atoms with van der Waals surface area (Å²) in [6.45, 7) is 1.40. The summed E-state index contributed by atoms with van der Waals surface area (Å²) in [5.41, 5.74) is 2.71. The molecule has 1 aliphatic rings. The van der Waals surface area contributed by atoms with Gasteiger partial charge in [-0.2, -0.15) is 13.2 Å². The number of carbonyl (C=O) groups excluding carboxylic acids is 1. The summed E-state index contributed by atoms with van der Waals surface area (Å²) < 4.78 is 47.4. The quantitative estimate of drug-likeness (QED) is 0.288. The maximum absolute atomic E-state index is 13.6. The zero-order valence-electron chi connectivity index (χ0n) is 24.0. The van der Waals surface area contributed by atoms with Gasteiger partial charge >= 0.3 is 6.18 Å². The number of methoxy groups -OCH3 is 1. The van der Waals surface area contributed by atoms with Gasteiger partial charge < -0.3 is 30.2 Å². The van der Waals surface area contributed by atoms with Crippen molar-refractivity contribution in [2.45, 2.75) is 57.4 Å². The zero-order valence-corrected chi connectivity index (χ0v) is 24.0. The lowest BCUT2D eigenvalue weighted by Crippen LogP contribution is -2.36. The molecule has 0 bridgehead atoms. The fourth-order valence-corrected chi connectivity index (χ4v) is 5.34. The lowest BCUT2D eigenvalue weighted by Gasteiger charge is -2.33. The second kappa shape index (κ2) is 13.2. The molecule has 3 N–H and O–H groups in total. The highest BCUT2D eigenvalue weighted by Gasteiger charge is 2.30. The summed E-state index contributed by atoms with van der Waals surface area (Å²) >= 11 is 0. The molecule has 10 heteroatoms. The minimum Gasteiger partial charge on any atom is -0.495 e. The molecule has 0 aliphatic heterocycles. The largest absolute Gasteiger partial charge is 0.495 e. The molecule has 3 aromatic rings. The highest BCUT2D eigenvalue weighted by Crippen LogP contribution is 2.32. The van der Waals surface area contributed by atoms with Gasteiger partial charge in [-0.05, 0) is 89.0 Å². The Morgan fingerprint density at radius 1 is 1.10 bits per heavy atom. The number of carbonyl (C=O) groups is 1. The number of hydrogen-bond acceptors (Lipinski definition) is 5. The minimum absolute atomic E-state index is 0.171. The van der Waals surface area contributed by atoms with E-state index < -0.39 is 12.7 Å². The summed E-state index contributed by atoms with van der Waals surface area (Å²) in [4.78, 5) is 14.4. The Kier molecular flexibility index (Phi) is 9.71. The molecule has 0 unspecified atom stereocenters. The van der Waals surface area contributed by atoms with Gasteiger partial charge in [-0.1, -0.05) is 12.0 Å². The molecule has 1 fully saturated rings. The summed E-state index contributed by atoms with van der Waals surface area (Å²) in [7, 11) is 5.70. The summed E-state index contributed by atoms with van der Waals surface area (Å²) in [6, 6.07) is 13.0. The normalized spacial score (nSPS) is 17.2. The van der Waals surface area contributed by atoms with Crippen molar-refractivity contribution in [3.63, 3.8) is 0 Å². The minimum atomic E-state index is -4.40. The van der Waals surface area contributed by atoms with Crippen LogP contribution in [0.4, 0.5) is 24.5 Å². The van der Waals surface area contributed by atoms with Crippen LogP contribution in [0.5, 0.6) is 5.75 Å². The third-order valence-electron chi connectivity index (χ3n) is 7.45. The van der Waals surface area contributed by atoms with Crippen LogP contribution in [0.1, 0.15) is 48.7 Å². The number of hydrogen-bond donors (Lipinski definition) is 3. The van der Waals surface area contributed by atoms with Gasteiger partial charge in [0.1, 0.15) is 12.3 Å². The van der Waals surface area contributed by atoms with Crippen LogP contribution < -0.4 is 20.7 Å². The van der Waals surface area contributed by atoms with Gasteiger partial charge in [-0.25, -0.2) is 0 Å². The number of fused-ring (bicyclic) bond motifs is 1. The first-order chi connectivity index (χ1) is 19.6. The SMILES string of the molecule is CCNC(=O)c1ccc(NCC#Cc2cc3c(N[C@H]4CC[C@H](N(C)C)CC4)cccc3n2CC(F)(F)F)c(OC)c1. The Hall–Kier alpha value is -3.84. The molecule has 1 aromatic heterocycles. The summed E-state index contributed by atoms with van der Waals surface area (Å²) in [6.07, 6.45) is -0.214. The molecule has 1 saturated carbocycles. The van der Waals surface area contributed by atoms with Gasteiger partial charge in [0.2, 0.25) is 0 Å². The van der Waals surface area contributed by atoms with E-state index in [0.717, 1.165) is 36.8 Å². The van der Waals surface area contributed by atoms with Crippen LogP contribution in [0.3, 0.4) is 0 Å². The van der Waals surface area contributed by atoms with Crippen LogP contribution in [0, 0.1) is 11.8 Å². The standard InChI is InChI=1S/C31H38F3N5O2/c1-5-35-30(40)21-11-16-27(29(18-21)41-4)36-17-7-8-24-19-25-26(37-22-12-14-23(15-13-22)38(2)3)9-6-10-28(25)39(24)20-31(32,33)34/h6,9-11,16,18-19,22-23,36-37H,5,12-15,17,20H2,1-4H3,(H,35,40)/t22-,23-. The molecule has 0 spiro atoms. The monoisotopic (exact) mass is 569 g/mol. The van der Waals surface area contributed by atoms with Crippen molar-refractivity contribution < 1.29 is 22.7 Å². The van der Waals surface area contributed by atoms with E-state index in [1.807, 2.05) is 13.0 Å². The van der Waals surface area contributed by atoms with Gasteiger partial charge in [-0.15, -0.1) is 0 Å². The average molecular weight is 570 g/mol. The molecule has 220 valence electrons. The van der Waals surface area contributed by atoms with Crippen molar-refractivity contribution in [2.24, 2.45) is 0 Å². The van der Waals surface area contributed by atoms with E-state index in [1.165, 1.54) is 11.7 Å². The average Bonchev–Trinajstić information content (AvgIpc) is 3.28. The van der Waals surface area contributed by atoms with Crippen LogP contribution in [-0.2, 0) is 6.54 Å². The molecule has 7 nitrogen and oxygen atoms in total. The van der Waals surface area contributed by atoms with E-state index in [9.17, 15) is 18.0 Å². The third-order valence-corrected chi connectivity index (χ3v) is 7.45. The first-order valence-electron chi connectivity index (χ1n) is 13.9. The smallest absolute Gasteiger partial charge is 0.406 e. The van der Waals surface area contributed by atoms with Gasteiger partial charge in [0.15, 0.2) is 0 Å². The molecule has 1 aliphatic carbocycles. The zero-order chi connectivity index (χ0) is 29.6. The number of nitrogens with one attached hydrogen (secondary N) is 3.